The molecule has 0 saturated carbocycles. The van der Waals surface area contributed by atoms with Crippen LogP contribution in [0.3, 0.4) is 0 Å². The Balaban J connectivity index is 1.91. The maximum atomic E-state index is 6.20. The fraction of sp³-hybridized carbons (Fsp3) is 0.556. The zero-order chi connectivity index (χ0) is 16.2. The fourth-order valence-corrected chi connectivity index (χ4v) is 2.48. The molecular weight excluding hydrogens is 276 g/mol. The summed E-state index contributed by atoms with van der Waals surface area (Å²) in [4.78, 5) is 0. The van der Waals surface area contributed by atoms with Crippen molar-refractivity contribution in [3.8, 4) is 0 Å². The van der Waals surface area contributed by atoms with Crippen LogP contribution >= 0.6 is 0 Å². The third-order valence-electron chi connectivity index (χ3n) is 3.81. The van der Waals surface area contributed by atoms with E-state index in [0.29, 0.717) is 6.54 Å². The largest absolute Gasteiger partial charge is 0.397 e. The van der Waals surface area contributed by atoms with Gasteiger partial charge in [-0.3, -0.25) is 0 Å². The summed E-state index contributed by atoms with van der Waals surface area (Å²) >= 11 is 0. The monoisotopic (exact) mass is 304 g/mol. The van der Waals surface area contributed by atoms with Crippen LogP contribution in [-0.2, 0) is 15.9 Å². The smallest absolute Gasteiger partial charge is 0.174 e. The molecule has 1 aromatic carbocycles. The highest BCUT2D eigenvalue weighted by Crippen LogP contribution is 2.22. The number of nitrogens with one attached hydrogen (secondary N) is 1. The molecule has 0 aromatic heterocycles. The average molecular weight is 304 g/mol. The van der Waals surface area contributed by atoms with Crippen molar-refractivity contribution in [3.63, 3.8) is 0 Å². The summed E-state index contributed by atoms with van der Waals surface area (Å²) in [6, 6.07) is 6.36. The van der Waals surface area contributed by atoms with Gasteiger partial charge in [-0.1, -0.05) is 44.5 Å². The Kier molecular flexibility index (Phi) is 5.48. The predicted octanol–water partition coefficient (Wildman–Crippen LogP) is 2.80. The molecule has 1 aromatic rings. The van der Waals surface area contributed by atoms with Gasteiger partial charge in [-0.25, -0.2) is 0 Å². The molecule has 1 fully saturated rings. The molecule has 0 aliphatic carbocycles. The Morgan fingerprint density at radius 2 is 2.05 bits per heavy atom. The lowest BCUT2D eigenvalue weighted by Crippen LogP contribution is -2.41. The van der Waals surface area contributed by atoms with Gasteiger partial charge >= 0.3 is 0 Å². The minimum Gasteiger partial charge on any atom is -0.397 e. The van der Waals surface area contributed by atoms with Crippen LogP contribution in [0.4, 0.5) is 0 Å². The van der Waals surface area contributed by atoms with Gasteiger partial charge in [0.2, 0.25) is 0 Å². The van der Waals surface area contributed by atoms with E-state index in [1.165, 1.54) is 11.1 Å². The number of benzene rings is 1. The van der Waals surface area contributed by atoms with Gasteiger partial charge in [0.25, 0.3) is 0 Å². The summed E-state index contributed by atoms with van der Waals surface area (Å²) in [6.45, 7) is 10.6. The van der Waals surface area contributed by atoms with Crippen molar-refractivity contribution in [2.45, 2.75) is 40.4 Å². The van der Waals surface area contributed by atoms with E-state index in [1.54, 1.807) is 0 Å². The van der Waals surface area contributed by atoms with E-state index in [1.807, 2.05) is 6.20 Å². The molecule has 2 rings (SSSR count). The highest BCUT2D eigenvalue weighted by molar-refractivity contribution is 5.65. The van der Waals surface area contributed by atoms with Crippen molar-refractivity contribution >= 4 is 5.70 Å². The van der Waals surface area contributed by atoms with Gasteiger partial charge in [-0.15, -0.1) is 0 Å². The van der Waals surface area contributed by atoms with Gasteiger partial charge in [0.15, 0.2) is 6.29 Å². The van der Waals surface area contributed by atoms with Gasteiger partial charge in [0, 0.05) is 17.2 Å². The summed E-state index contributed by atoms with van der Waals surface area (Å²) in [6.07, 6.45) is 2.60. The zero-order valence-corrected chi connectivity index (χ0v) is 14.1. The minimum absolute atomic E-state index is 0.100. The van der Waals surface area contributed by atoms with Crippen molar-refractivity contribution in [1.29, 1.82) is 0 Å². The molecule has 1 saturated heterocycles. The Labute approximate surface area is 133 Å². The Bertz CT molecular complexity index is 528. The average Bonchev–Trinajstić information content (AvgIpc) is 2.48. The second-order valence-electron chi connectivity index (χ2n) is 6.74. The van der Waals surface area contributed by atoms with Crippen molar-refractivity contribution in [1.82, 2.24) is 5.32 Å². The molecule has 0 unspecified atom stereocenters. The van der Waals surface area contributed by atoms with E-state index < -0.39 is 0 Å². The first-order valence-corrected chi connectivity index (χ1v) is 7.93. The molecule has 4 heteroatoms. The maximum absolute atomic E-state index is 6.20. The summed E-state index contributed by atoms with van der Waals surface area (Å²) in [5, 5.41) is 3.21. The van der Waals surface area contributed by atoms with Crippen LogP contribution in [-0.4, -0.2) is 26.0 Å². The van der Waals surface area contributed by atoms with E-state index in [0.717, 1.165) is 30.9 Å². The summed E-state index contributed by atoms with van der Waals surface area (Å²) in [5.74, 6) is 0. The minimum atomic E-state index is -0.208. The molecule has 4 nitrogen and oxygen atoms in total. The lowest BCUT2D eigenvalue weighted by molar-refractivity contribution is -0.217. The first kappa shape index (κ1) is 16.8. The Morgan fingerprint density at radius 1 is 1.36 bits per heavy atom. The summed E-state index contributed by atoms with van der Waals surface area (Å²) in [5.41, 5.74) is 10.7. The van der Waals surface area contributed by atoms with Crippen molar-refractivity contribution in [3.05, 3.63) is 41.1 Å². The van der Waals surface area contributed by atoms with Crippen LogP contribution in [0.1, 0.15) is 37.5 Å². The van der Waals surface area contributed by atoms with Crippen molar-refractivity contribution in [2.24, 2.45) is 11.1 Å². The number of aryl methyl sites for hydroxylation is 2. The quantitative estimate of drug-likeness (QED) is 0.878. The first-order chi connectivity index (χ1) is 10.4. The van der Waals surface area contributed by atoms with Crippen molar-refractivity contribution < 1.29 is 9.47 Å². The maximum Gasteiger partial charge on any atom is 0.174 e. The number of rotatable bonds is 5. The topological polar surface area (TPSA) is 56.5 Å². The first-order valence-electron chi connectivity index (χ1n) is 7.93. The summed E-state index contributed by atoms with van der Waals surface area (Å²) < 4.78 is 11.4. The lowest BCUT2D eigenvalue weighted by Gasteiger charge is -2.34. The van der Waals surface area contributed by atoms with Crippen LogP contribution in [0, 0.1) is 12.3 Å². The molecule has 0 amide bonds. The molecule has 1 aliphatic heterocycles. The van der Waals surface area contributed by atoms with Crippen LogP contribution in [0.15, 0.2) is 24.4 Å². The SMILES string of the molecule is CCc1cc(C)ccc1/C(N)=C/NCC1OCC(C)(C)CO1. The van der Waals surface area contributed by atoms with E-state index in [2.05, 4.69) is 51.2 Å². The molecular formula is C18H28N2O2. The second kappa shape index (κ2) is 7.16. The summed E-state index contributed by atoms with van der Waals surface area (Å²) in [7, 11) is 0. The predicted molar refractivity (Wildman–Crippen MR) is 90.2 cm³/mol. The standard InChI is InChI=1S/C18H28N2O2/c1-5-14-8-13(2)6-7-15(14)16(19)9-20-10-17-21-11-18(3,4)12-22-17/h6-9,17,20H,5,10-12,19H2,1-4H3/b16-9-. The number of hydrogen-bond donors (Lipinski definition) is 2. The van der Waals surface area contributed by atoms with Crippen molar-refractivity contribution in [2.75, 3.05) is 19.8 Å². The second-order valence-corrected chi connectivity index (χ2v) is 6.74. The van der Waals surface area contributed by atoms with Gasteiger partial charge in [-0.2, -0.15) is 0 Å². The third-order valence-corrected chi connectivity index (χ3v) is 3.81. The number of ether oxygens (including phenoxy) is 2. The van der Waals surface area contributed by atoms with Gasteiger partial charge in [0.1, 0.15) is 0 Å². The molecule has 1 aliphatic rings. The molecule has 0 spiro atoms. The number of hydrogen-bond acceptors (Lipinski definition) is 4. The Morgan fingerprint density at radius 3 is 2.68 bits per heavy atom. The van der Waals surface area contributed by atoms with Crippen LogP contribution < -0.4 is 11.1 Å². The van der Waals surface area contributed by atoms with E-state index in [-0.39, 0.29) is 11.7 Å². The normalized spacial score (nSPS) is 19.2. The highest BCUT2D eigenvalue weighted by Gasteiger charge is 2.27. The van der Waals surface area contributed by atoms with Crippen LogP contribution in [0.5, 0.6) is 0 Å². The van der Waals surface area contributed by atoms with Gasteiger partial charge in [0.05, 0.1) is 25.5 Å². The Hall–Kier alpha value is -1.52. The van der Waals surface area contributed by atoms with Crippen LogP contribution in [0.25, 0.3) is 5.70 Å². The van der Waals surface area contributed by atoms with Gasteiger partial charge < -0.3 is 20.5 Å². The molecule has 0 bridgehead atoms. The zero-order valence-electron chi connectivity index (χ0n) is 14.1. The van der Waals surface area contributed by atoms with E-state index in [4.69, 9.17) is 15.2 Å². The van der Waals surface area contributed by atoms with E-state index in [9.17, 15) is 0 Å². The molecule has 0 atom stereocenters. The third kappa shape index (κ3) is 4.49. The molecule has 3 N–H and O–H groups in total. The fourth-order valence-electron chi connectivity index (χ4n) is 2.48. The molecule has 22 heavy (non-hydrogen) atoms. The van der Waals surface area contributed by atoms with Crippen LogP contribution in [0.2, 0.25) is 0 Å². The highest BCUT2D eigenvalue weighted by atomic mass is 16.7. The lowest BCUT2D eigenvalue weighted by atomic mass is 9.96. The molecule has 1 heterocycles. The number of nitrogens with two attached hydrogens (primary N) is 1. The van der Waals surface area contributed by atoms with Gasteiger partial charge in [-0.05, 0) is 18.9 Å². The van der Waals surface area contributed by atoms with E-state index >= 15 is 0 Å². The molecule has 0 radical (unpaired) electrons. The molecule has 122 valence electrons.